The molecule has 0 radical (unpaired) electrons. The van der Waals surface area contributed by atoms with Crippen LogP contribution in [0.15, 0.2) is 22.9 Å². The Labute approximate surface area is 98.8 Å². The Morgan fingerprint density at radius 3 is 3.06 bits per heavy atom. The summed E-state index contributed by atoms with van der Waals surface area (Å²) in [7, 11) is 1.57. The third kappa shape index (κ3) is 2.48. The van der Waals surface area contributed by atoms with Crippen LogP contribution in [0, 0.1) is 6.92 Å². The number of hydrogen-bond donors (Lipinski definition) is 1. The second-order valence-corrected chi connectivity index (χ2v) is 3.69. The van der Waals surface area contributed by atoms with E-state index >= 15 is 0 Å². The average Bonchev–Trinajstić information content (AvgIpc) is 2.79. The highest BCUT2D eigenvalue weighted by Crippen LogP contribution is 2.19. The summed E-state index contributed by atoms with van der Waals surface area (Å²) in [5.74, 6) is 0.802. The molecule has 2 heterocycles. The number of nitrogens with two attached hydrogens (primary N) is 1. The molecule has 0 fully saturated rings. The van der Waals surface area contributed by atoms with Crippen molar-refractivity contribution in [3.05, 3.63) is 29.7 Å². The van der Waals surface area contributed by atoms with Crippen LogP contribution in [0.1, 0.15) is 17.4 Å². The zero-order valence-electron chi connectivity index (χ0n) is 9.75. The van der Waals surface area contributed by atoms with E-state index in [0.29, 0.717) is 24.0 Å². The molecule has 0 amide bonds. The predicted molar refractivity (Wildman–Crippen MR) is 61.1 cm³/mol. The first-order chi connectivity index (χ1) is 8.22. The summed E-state index contributed by atoms with van der Waals surface area (Å²) < 4.78 is 10.1. The molecule has 0 saturated heterocycles. The van der Waals surface area contributed by atoms with E-state index in [1.54, 1.807) is 13.3 Å². The zero-order chi connectivity index (χ0) is 12.3. The Kier molecular flexibility index (Phi) is 3.46. The Morgan fingerprint density at radius 2 is 2.35 bits per heavy atom. The van der Waals surface area contributed by atoms with Gasteiger partial charge in [0.25, 0.3) is 5.89 Å². The summed E-state index contributed by atoms with van der Waals surface area (Å²) in [6.07, 6.45) is 1.68. The van der Waals surface area contributed by atoms with Gasteiger partial charge in [-0.2, -0.15) is 4.98 Å². The molecule has 2 aromatic rings. The van der Waals surface area contributed by atoms with Crippen molar-refractivity contribution in [3.8, 4) is 11.6 Å². The number of nitrogens with zero attached hydrogens (tertiary/aromatic N) is 3. The second kappa shape index (κ2) is 5.03. The molecule has 2 aromatic heterocycles. The van der Waals surface area contributed by atoms with Gasteiger partial charge in [0, 0.05) is 13.3 Å². The van der Waals surface area contributed by atoms with Crippen LogP contribution in [-0.4, -0.2) is 28.8 Å². The fourth-order valence-electron chi connectivity index (χ4n) is 1.45. The number of ether oxygens (including phenoxy) is 1. The second-order valence-electron chi connectivity index (χ2n) is 3.69. The molecule has 0 spiro atoms. The normalized spacial score (nSPS) is 12.6. The first kappa shape index (κ1) is 11.7. The third-order valence-electron chi connectivity index (χ3n) is 2.33. The van der Waals surface area contributed by atoms with Crippen molar-refractivity contribution >= 4 is 0 Å². The summed E-state index contributed by atoms with van der Waals surface area (Å²) in [5, 5.41) is 3.82. The van der Waals surface area contributed by atoms with E-state index in [1.807, 2.05) is 19.1 Å². The number of pyridine rings is 1. The van der Waals surface area contributed by atoms with E-state index in [4.69, 9.17) is 15.0 Å². The van der Waals surface area contributed by atoms with Gasteiger partial charge in [-0.3, -0.25) is 4.98 Å². The molecule has 0 aliphatic heterocycles. The van der Waals surface area contributed by atoms with E-state index < -0.39 is 0 Å². The highest BCUT2D eigenvalue weighted by molar-refractivity contribution is 5.51. The van der Waals surface area contributed by atoms with Crippen LogP contribution in [0.5, 0.6) is 0 Å². The van der Waals surface area contributed by atoms with Crippen LogP contribution < -0.4 is 5.73 Å². The average molecular weight is 234 g/mol. The SMILES string of the molecule is COCC(N)c1noc(-c2ncccc2C)n1. The first-order valence-electron chi connectivity index (χ1n) is 5.22. The van der Waals surface area contributed by atoms with Gasteiger partial charge in [0.15, 0.2) is 5.82 Å². The standard InChI is InChI=1S/C11H14N4O2/c1-7-4-3-5-13-9(7)11-14-10(15-17-11)8(12)6-16-2/h3-5,8H,6,12H2,1-2H3. The van der Waals surface area contributed by atoms with Gasteiger partial charge in [0.1, 0.15) is 5.69 Å². The molecule has 0 aliphatic carbocycles. The smallest absolute Gasteiger partial charge is 0.276 e. The van der Waals surface area contributed by atoms with Crippen molar-refractivity contribution in [1.29, 1.82) is 0 Å². The van der Waals surface area contributed by atoms with Gasteiger partial charge in [-0.05, 0) is 18.6 Å². The molecule has 0 aliphatic rings. The summed E-state index contributed by atoms with van der Waals surface area (Å²) >= 11 is 0. The third-order valence-corrected chi connectivity index (χ3v) is 2.33. The van der Waals surface area contributed by atoms with Gasteiger partial charge in [-0.15, -0.1) is 0 Å². The van der Waals surface area contributed by atoms with E-state index in [1.165, 1.54) is 0 Å². The molecular formula is C11H14N4O2. The Hall–Kier alpha value is -1.79. The van der Waals surface area contributed by atoms with Crippen molar-refractivity contribution in [1.82, 2.24) is 15.1 Å². The van der Waals surface area contributed by atoms with Gasteiger partial charge in [-0.1, -0.05) is 11.2 Å². The number of methoxy groups -OCH3 is 1. The lowest BCUT2D eigenvalue weighted by molar-refractivity contribution is 0.177. The molecule has 2 rings (SSSR count). The van der Waals surface area contributed by atoms with Gasteiger partial charge in [0.05, 0.1) is 12.6 Å². The Morgan fingerprint density at radius 1 is 1.53 bits per heavy atom. The fraction of sp³-hybridized carbons (Fsp3) is 0.364. The van der Waals surface area contributed by atoms with E-state index in [-0.39, 0.29) is 6.04 Å². The largest absolute Gasteiger partial charge is 0.383 e. The van der Waals surface area contributed by atoms with Gasteiger partial charge in [-0.25, -0.2) is 0 Å². The van der Waals surface area contributed by atoms with Crippen molar-refractivity contribution in [2.75, 3.05) is 13.7 Å². The topological polar surface area (TPSA) is 87.1 Å². The van der Waals surface area contributed by atoms with Crippen LogP contribution >= 0.6 is 0 Å². The van der Waals surface area contributed by atoms with E-state index in [0.717, 1.165) is 5.56 Å². The maximum Gasteiger partial charge on any atom is 0.276 e. The fourth-order valence-corrected chi connectivity index (χ4v) is 1.45. The van der Waals surface area contributed by atoms with Gasteiger partial charge >= 0.3 is 0 Å². The molecule has 90 valence electrons. The highest BCUT2D eigenvalue weighted by Gasteiger charge is 2.16. The van der Waals surface area contributed by atoms with Crippen molar-refractivity contribution in [3.63, 3.8) is 0 Å². The molecule has 1 unspecified atom stereocenters. The molecule has 0 saturated carbocycles. The molecule has 6 nitrogen and oxygen atoms in total. The van der Waals surface area contributed by atoms with E-state index in [2.05, 4.69) is 15.1 Å². The monoisotopic (exact) mass is 234 g/mol. The highest BCUT2D eigenvalue weighted by atomic mass is 16.5. The lowest BCUT2D eigenvalue weighted by Crippen LogP contribution is -2.17. The molecule has 0 aromatic carbocycles. The molecule has 2 N–H and O–H groups in total. The van der Waals surface area contributed by atoms with Crippen molar-refractivity contribution in [2.45, 2.75) is 13.0 Å². The van der Waals surface area contributed by atoms with Crippen LogP contribution in [0.4, 0.5) is 0 Å². The van der Waals surface area contributed by atoms with Crippen LogP contribution in [0.25, 0.3) is 11.6 Å². The number of rotatable bonds is 4. The van der Waals surface area contributed by atoms with Gasteiger partial charge in [0.2, 0.25) is 0 Å². The zero-order valence-corrected chi connectivity index (χ0v) is 9.75. The summed E-state index contributed by atoms with van der Waals surface area (Å²) in [5.41, 5.74) is 7.46. The minimum absolute atomic E-state index is 0.347. The van der Waals surface area contributed by atoms with Crippen LogP contribution in [0.2, 0.25) is 0 Å². The Balaban J connectivity index is 2.27. The van der Waals surface area contributed by atoms with Crippen molar-refractivity contribution < 1.29 is 9.26 Å². The molecule has 6 heteroatoms. The molecular weight excluding hydrogens is 220 g/mol. The van der Waals surface area contributed by atoms with Crippen LogP contribution in [-0.2, 0) is 4.74 Å². The molecule has 17 heavy (non-hydrogen) atoms. The Bertz CT molecular complexity index is 498. The van der Waals surface area contributed by atoms with E-state index in [9.17, 15) is 0 Å². The maximum atomic E-state index is 5.80. The lowest BCUT2D eigenvalue weighted by Gasteiger charge is -2.03. The first-order valence-corrected chi connectivity index (χ1v) is 5.22. The van der Waals surface area contributed by atoms with Gasteiger partial charge < -0.3 is 15.0 Å². The quantitative estimate of drug-likeness (QED) is 0.851. The molecule has 1 atom stereocenters. The predicted octanol–water partition coefficient (Wildman–Crippen LogP) is 1.09. The molecule has 0 bridgehead atoms. The minimum atomic E-state index is -0.387. The summed E-state index contributed by atoms with van der Waals surface area (Å²) in [6, 6.07) is 3.40. The minimum Gasteiger partial charge on any atom is -0.383 e. The summed E-state index contributed by atoms with van der Waals surface area (Å²) in [4.78, 5) is 8.41. The summed E-state index contributed by atoms with van der Waals surface area (Å²) in [6.45, 7) is 2.28. The van der Waals surface area contributed by atoms with Crippen LogP contribution in [0.3, 0.4) is 0 Å². The van der Waals surface area contributed by atoms with Crippen molar-refractivity contribution in [2.24, 2.45) is 5.73 Å². The number of aromatic nitrogens is 3. The lowest BCUT2D eigenvalue weighted by atomic mass is 10.2. The number of aryl methyl sites for hydroxylation is 1. The maximum absolute atomic E-state index is 5.80. The number of hydrogen-bond acceptors (Lipinski definition) is 6.